The molecule has 5 N–H and O–H groups in total. The molecule has 0 aromatic carbocycles. The molecule has 0 radical (unpaired) electrons. The standard InChI is InChI=1S/C7H7Cl2N5O/c8-4-1-3(2-5(9)12-4)6(15)13-14-7(10)11/h1-2H,(H,13,15)(H4,10,11,14). The molecule has 1 aromatic rings. The van der Waals surface area contributed by atoms with Crippen molar-refractivity contribution in [1.29, 1.82) is 5.41 Å². The van der Waals surface area contributed by atoms with Gasteiger partial charge in [-0.15, -0.1) is 0 Å². The summed E-state index contributed by atoms with van der Waals surface area (Å²) in [7, 11) is 0. The van der Waals surface area contributed by atoms with E-state index in [0.29, 0.717) is 0 Å². The average molecular weight is 248 g/mol. The second-order valence-electron chi connectivity index (χ2n) is 2.49. The first-order valence-electron chi connectivity index (χ1n) is 3.72. The number of carbonyl (C=O) groups excluding carboxylic acids is 1. The molecule has 6 nitrogen and oxygen atoms in total. The predicted molar refractivity (Wildman–Crippen MR) is 56.8 cm³/mol. The number of amides is 1. The monoisotopic (exact) mass is 247 g/mol. The number of guanidine groups is 1. The van der Waals surface area contributed by atoms with E-state index in [1.165, 1.54) is 12.1 Å². The van der Waals surface area contributed by atoms with Gasteiger partial charge in [0.25, 0.3) is 5.91 Å². The van der Waals surface area contributed by atoms with Crippen molar-refractivity contribution in [1.82, 2.24) is 15.8 Å². The van der Waals surface area contributed by atoms with Gasteiger partial charge in [-0.05, 0) is 12.1 Å². The van der Waals surface area contributed by atoms with Crippen LogP contribution in [0.5, 0.6) is 0 Å². The minimum atomic E-state index is -0.517. The Morgan fingerprint density at radius 2 is 1.87 bits per heavy atom. The molecule has 0 saturated heterocycles. The Kier molecular flexibility index (Phi) is 3.70. The van der Waals surface area contributed by atoms with Crippen LogP contribution in [0.15, 0.2) is 12.1 Å². The van der Waals surface area contributed by atoms with Crippen LogP contribution in [0.25, 0.3) is 0 Å². The SMILES string of the molecule is N=C(N)NNC(=O)c1cc(Cl)nc(Cl)c1. The molecule has 1 rings (SSSR count). The zero-order chi connectivity index (χ0) is 11.4. The lowest BCUT2D eigenvalue weighted by Gasteiger charge is -2.06. The summed E-state index contributed by atoms with van der Waals surface area (Å²) in [6, 6.07) is 2.68. The number of hydrazine groups is 1. The molecule has 1 heterocycles. The first-order valence-corrected chi connectivity index (χ1v) is 4.48. The van der Waals surface area contributed by atoms with Crippen LogP contribution >= 0.6 is 23.2 Å². The van der Waals surface area contributed by atoms with Crippen LogP contribution < -0.4 is 16.6 Å². The van der Waals surface area contributed by atoms with Gasteiger partial charge in [0.2, 0.25) is 5.96 Å². The van der Waals surface area contributed by atoms with Gasteiger partial charge in [-0.3, -0.25) is 21.1 Å². The van der Waals surface area contributed by atoms with E-state index in [1.54, 1.807) is 0 Å². The summed E-state index contributed by atoms with van der Waals surface area (Å²) in [5.74, 6) is -0.897. The van der Waals surface area contributed by atoms with Crippen molar-refractivity contribution in [3.8, 4) is 0 Å². The van der Waals surface area contributed by atoms with Crippen LogP contribution in [0.3, 0.4) is 0 Å². The average Bonchev–Trinajstić information content (AvgIpc) is 2.12. The minimum Gasteiger partial charge on any atom is -0.369 e. The van der Waals surface area contributed by atoms with Gasteiger partial charge in [-0.2, -0.15) is 0 Å². The fourth-order valence-corrected chi connectivity index (χ4v) is 1.25. The maximum Gasteiger partial charge on any atom is 0.269 e. The van der Waals surface area contributed by atoms with Crippen molar-refractivity contribution in [2.45, 2.75) is 0 Å². The third kappa shape index (κ3) is 3.61. The maximum absolute atomic E-state index is 11.4. The Balaban J connectivity index is 2.77. The van der Waals surface area contributed by atoms with Crippen molar-refractivity contribution in [3.63, 3.8) is 0 Å². The Hall–Kier alpha value is -1.53. The molecule has 80 valence electrons. The molecule has 15 heavy (non-hydrogen) atoms. The number of nitrogens with two attached hydrogens (primary N) is 1. The number of rotatable bonds is 1. The molecule has 0 saturated carbocycles. The summed E-state index contributed by atoms with van der Waals surface area (Å²) in [4.78, 5) is 15.1. The Morgan fingerprint density at radius 3 is 2.33 bits per heavy atom. The van der Waals surface area contributed by atoms with Crippen LogP contribution in [0.4, 0.5) is 0 Å². The van der Waals surface area contributed by atoms with E-state index in [1.807, 2.05) is 0 Å². The van der Waals surface area contributed by atoms with Gasteiger partial charge in [-0.1, -0.05) is 23.2 Å². The van der Waals surface area contributed by atoms with Crippen LogP contribution in [0.1, 0.15) is 10.4 Å². The van der Waals surface area contributed by atoms with Gasteiger partial charge in [0.15, 0.2) is 0 Å². The number of aromatic nitrogens is 1. The first kappa shape index (κ1) is 11.5. The molecule has 0 spiro atoms. The van der Waals surface area contributed by atoms with E-state index in [4.69, 9.17) is 34.3 Å². The van der Waals surface area contributed by atoms with Crippen molar-refractivity contribution in [2.24, 2.45) is 5.73 Å². The number of halogens is 2. The summed E-state index contributed by atoms with van der Waals surface area (Å²) >= 11 is 11.2. The molecule has 0 fully saturated rings. The van der Waals surface area contributed by atoms with E-state index >= 15 is 0 Å². The van der Waals surface area contributed by atoms with Gasteiger partial charge in [0.05, 0.1) is 0 Å². The molecule has 1 amide bonds. The fourth-order valence-electron chi connectivity index (χ4n) is 0.792. The molecule has 0 aliphatic heterocycles. The second-order valence-corrected chi connectivity index (χ2v) is 3.27. The van der Waals surface area contributed by atoms with Gasteiger partial charge in [-0.25, -0.2) is 4.98 Å². The lowest BCUT2D eigenvalue weighted by molar-refractivity contribution is 0.0943. The number of nitrogens with zero attached hydrogens (tertiary/aromatic N) is 1. The number of hydrogen-bond acceptors (Lipinski definition) is 3. The van der Waals surface area contributed by atoms with Gasteiger partial charge < -0.3 is 5.73 Å². The topological polar surface area (TPSA) is 104 Å². The van der Waals surface area contributed by atoms with E-state index in [-0.39, 0.29) is 21.8 Å². The molecule has 0 aliphatic rings. The zero-order valence-corrected chi connectivity index (χ0v) is 8.86. The third-order valence-electron chi connectivity index (χ3n) is 1.34. The normalized spacial score (nSPS) is 9.47. The van der Waals surface area contributed by atoms with Crippen molar-refractivity contribution >= 4 is 35.1 Å². The van der Waals surface area contributed by atoms with E-state index in [9.17, 15) is 4.79 Å². The van der Waals surface area contributed by atoms with E-state index in [2.05, 4.69) is 15.8 Å². The Bertz CT molecular complexity index is 388. The number of nitrogens with one attached hydrogen (secondary N) is 3. The maximum atomic E-state index is 11.4. The predicted octanol–water partition coefficient (Wildman–Crippen LogP) is 0.516. The second kappa shape index (κ2) is 4.81. The summed E-state index contributed by atoms with van der Waals surface area (Å²) in [6.07, 6.45) is 0. The quantitative estimate of drug-likeness (QED) is 0.251. The highest BCUT2D eigenvalue weighted by molar-refractivity contribution is 6.33. The Labute approximate surface area is 95.2 Å². The molecular weight excluding hydrogens is 241 g/mol. The van der Waals surface area contributed by atoms with Crippen molar-refractivity contribution in [3.05, 3.63) is 28.0 Å². The number of pyridine rings is 1. The molecule has 0 bridgehead atoms. The van der Waals surface area contributed by atoms with E-state index < -0.39 is 5.91 Å². The highest BCUT2D eigenvalue weighted by atomic mass is 35.5. The van der Waals surface area contributed by atoms with Gasteiger partial charge in [0, 0.05) is 5.56 Å². The fraction of sp³-hybridized carbons (Fsp3) is 0. The largest absolute Gasteiger partial charge is 0.369 e. The van der Waals surface area contributed by atoms with Crippen LogP contribution in [-0.2, 0) is 0 Å². The van der Waals surface area contributed by atoms with Crippen LogP contribution in [-0.4, -0.2) is 16.9 Å². The van der Waals surface area contributed by atoms with Crippen LogP contribution in [0.2, 0.25) is 10.3 Å². The summed E-state index contributed by atoms with van der Waals surface area (Å²) < 4.78 is 0. The molecule has 1 aromatic heterocycles. The van der Waals surface area contributed by atoms with Gasteiger partial charge in [0.1, 0.15) is 10.3 Å². The zero-order valence-electron chi connectivity index (χ0n) is 7.34. The highest BCUT2D eigenvalue weighted by Gasteiger charge is 2.08. The molecule has 0 unspecified atom stereocenters. The summed E-state index contributed by atoms with van der Waals surface area (Å²) in [6.45, 7) is 0. The minimum absolute atomic E-state index is 0.107. The molecule has 0 atom stereocenters. The lowest BCUT2D eigenvalue weighted by atomic mass is 10.2. The van der Waals surface area contributed by atoms with Crippen LogP contribution in [0, 0.1) is 5.41 Å². The van der Waals surface area contributed by atoms with Crippen molar-refractivity contribution < 1.29 is 4.79 Å². The smallest absolute Gasteiger partial charge is 0.269 e. The molecule has 8 heteroatoms. The number of carbonyl (C=O) groups is 1. The summed E-state index contributed by atoms with van der Waals surface area (Å²) in [5, 5.41) is 7.04. The first-order chi connectivity index (χ1) is 6.99. The Morgan fingerprint density at radius 1 is 1.33 bits per heavy atom. The summed E-state index contributed by atoms with van der Waals surface area (Å²) in [5.41, 5.74) is 9.49. The third-order valence-corrected chi connectivity index (χ3v) is 1.72. The van der Waals surface area contributed by atoms with Crippen molar-refractivity contribution in [2.75, 3.05) is 0 Å². The molecule has 0 aliphatic carbocycles. The van der Waals surface area contributed by atoms with E-state index in [0.717, 1.165) is 0 Å². The highest BCUT2D eigenvalue weighted by Crippen LogP contribution is 2.14. The number of hydrogen-bond donors (Lipinski definition) is 4. The van der Waals surface area contributed by atoms with Gasteiger partial charge >= 0.3 is 0 Å². The molecular formula is C7H7Cl2N5O. The lowest BCUT2D eigenvalue weighted by Crippen LogP contribution is -2.44.